The van der Waals surface area contributed by atoms with E-state index in [1.165, 1.54) is 0 Å². The highest BCUT2D eigenvalue weighted by atomic mass is 19.4. The third-order valence-corrected chi connectivity index (χ3v) is 8.33. The standard InChI is InChI=1S/C34H31F9O4/c1-2-3-4-19-5-7-20(8-6-19)23-17-44-32(45-18-23)22-14-28(37)31(29(38)15-22)33(39,40)46-24-10-11-25(26(35)16-24)21-9-12-30(27(36)13-21)47-34(41,42)43/h3-4,9-16,19-20,23,32H,2,5-8,17-18H2,1H3. The molecule has 0 amide bonds. The van der Waals surface area contributed by atoms with Gasteiger partial charge in [-0.1, -0.05) is 25.1 Å². The third-order valence-electron chi connectivity index (χ3n) is 8.33. The lowest BCUT2D eigenvalue weighted by Gasteiger charge is -2.37. The molecule has 1 heterocycles. The molecule has 0 atom stereocenters. The zero-order valence-electron chi connectivity index (χ0n) is 25.1. The maximum atomic E-state index is 15.0. The van der Waals surface area contributed by atoms with Crippen molar-refractivity contribution in [1.82, 2.24) is 0 Å². The van der Waals surface area contributed by atoms with Gasteiger partial charge in [0.1, 0.15) is 28.8 Å². The molecule has 0 bridgehead atoms. The van der Waals surface area contributed by atoms with Crippen molar-refractivity contribution < 1.29 is 58.5 Å². The summed E-state index contributed by atoms with van der Waals surface area (Å²) in [4.78, 5) is 0. The zero-order valence-corrected chi connectivity index (χ0v) is 25.1. The van der Waals surface area contributed by atoms with Crippen LogP contribution >= 0.6 is 0 Å². The van der Waals surface area contributed by atoms with Crippen molar-refractivity contribution in [2.45, 2.75) is 57.8 Å². The predicted molar refractivity (Wildman–Crippen MR) is 152 cm³/mol. The minimum absolute atomic E-state index is 0.0997. The topological polar surface area (TPSA) is 36.9 Å². The van der Waals surface area contributed by atoms with Crippen molar-refractivity contribution in [2.24, 2.45) is 17.8 Å². The number of rotatable bonds is 9. The monoisotopic (exact) mass is 674 g/mol. The first-order valence-electron chi connectivity index (χ1n) is 15.1. The van der Waals surface area contributed by atoms with Crippen LogP contribution < -0.4 is 9.47 Å². The highest BCUT2D eigenvalue weighted by Gasteiger charge is 2.42. The van der Waals surface area contributed by atoms with Crippen LogP contribution in [0.1, 0.15) is 56.4 Å². The average molecular weight is 675 g/mol. The molecular weight excluding hydrogens is 643 g/mol. The second-order valence-corrected chi connectivity index (χ2v) is 11.6. The minimum atomic E-state index is -5.16. The van der Waals surface area contributed by atoms with E-state index < -0.39 is 59.1 Å². The van der Waals surface area contributed by atoms with Crippen molar-refractivity contribution >= 4 is 0 Å². The Labute approximate surface area is 265 Å². The van der Waals surface area contributed by atoms with Gasteiger partial charge >= 0.3 is 12.5 Å². The van der Waals surface area contributed by atoms with E-state index in [9.17, 15) is 30.7 Å². The largest absolute Gasteiger partial charge is 0.573 e. The van der Waals surface area contributed by atoms with Crippen molar-refractivity contribution in [1.29, 1.82) is 0 Å². The number of hydrogen-bond acceptors (Lipinski definition) is 4. The van der Waals surface area contributed by atoms with Crippen LogP contribution in [0.15, 0.2) is 60.7 Å². The molecule has 4 nitrogen and oxygen atoms in total. The lowest BCUT2D eigenvalue weighted by Crippen LogP contribution is -2.34. The van der Waals surface area contributed by atoms with Crippen molar-refractivity contribution in [3.63, 3.8) is 0 Å². The van der Waals surface area contributed by atoms with Crippen LogP contribution in [0.25, 0.3) is 11.1 Å². The average Bonchev–Trinajstić information content (AvgIpc) is 3.00. The van der Waals surface area contributed by atoms with E-state index in [1.54, 1.807) is 0 Å². The Hall–Kier alpha value is -3.71. The SMILES string of the molecule is CCC=CC1CCC(C2COC(c3cc(F)c(C(F)(F)Oc4ccc(-c5ccc(OC(F)(F)F)c(F)c5)c(F)c4)c(F)c3)OC2)CC1. The van der Waals surface area contributed by atoms with Gasteiger partial charge < -0.3 is 18.9 Å². The van der Waals surface area contributed by atoms with E-state index in [0.717, 1.165) is 50.3 Å². The summed E-state index contributed by atoms with van der Waals surface area (Å²) in [5.74, 6) is -6.94. The molecule has 0 unspecified atom stereocenters. The van der Waals surface area contributed by atoms with E-state index in [-0.39, 0.29) is 35.8 Å². The summed E-state index contributed by atoms with van der Waals surface area (Å²) in [7, 11) is 0. The first-order valence-corrected chi connectivity index (χ1v) is 15.1. The van der Waals surface area contributed by atoms with Gasteiger partial charge in [0.05, 0.1) is 13.2 Å². The number of halogens is 9. The highest BCUT2D eigenvalue weighted by Crippen LogP contribution is 2.41. The number of hydrogen-bond donors (Lipinski definition) is 0. The number of allylic oxidation sites excluding steroid dienone is 2. The Bertz CT molecular complexity index is 1550. The first kappa shape index (κ1) is 34.6. The van der Waals surface area contributed by atoms with Crippen LogP contribution in [0.4, 0.5) is 39.5 Å². The van der Waals surface area contributed by atoms with Crippen LogP contribution in [0.3, 0.4) is 0 Å². The quantitative estimate of drug-likeness (QED) is 0.167. The molecule has 1 aliphatic heterocycles. The molecule has 47 heavy (non-hydrogen) atoms. The minimum Gasteiger partial charge on any atom is -0.429 e. The fourth-order valence-corrected chi connectivity index (χ4v) is 6.00. The van der Waals surface area contributed by atoms with Crippen LogP contribution in [0, 0.1) is 41.0 Å². The molecule has 0 aromatic heterocycles. The second-order valence-electron chi connectivity index (χ2n) is 11.6. The summed E-state index contributed by atoms with van der Waals surface area (Å²) in [6.45, 7) is 2.66. The summed E-state index contributed by atoms with van der Waals surface area (Å²) >= 11 is 0. The maximum absolute atomic E-state index is 15.0. The molecule has 0 spiro atoms. The van der Waals surface area contributed by atoms with Crippen LogP contribution in [0.5, 0.6) is 11.5 Å². The lowest BCUT2D eigenvalue weighted by molar-refractivity contribution is -0.275. The Morgan fingerprint density at radius 1 is 0.745 bits per heavy atom. The molecule has 2 fully saturated rings. The molecule has 3 aromatic carbocycles. The molecule has 3 aromatic rings. The van der Waals surface area contributed by atoms with E-state index in [1.807, 2.05) is 0 Å². The molecule has 0 radical (unpaired) electrons. The fraction of sp³-hybridized carbons (Fsp3) is 0.412. The molecule has 0 N–H and O–H groups in total. The van der Waals surface area contributed by atoms with E-state index in [2.05, 4.69) is 28.5 Å². The Morgan fingerprint density at radius 2 is 1.40 bits per heavy atom. The van der Waals surface area contributed by atoms with Gasteiger partial charge in [0.25, 0.3) is 0 Å². The maximum Gasteiger partial charge on any atom is 0.573 e. The van der Waals surface area contributed by atoms with E-state index >= 15 is 8.78 Å². The summed E-state index contributed by atoms with van der Waals surface area (Å²) in [5.41, 5.74) is -2.49. The molecule has 1 aliphatic carbocycles. The summed E-state index contributed by atoms with van der Waals surface area (Å²) in [6, 6.07) is 5.58. The number of ether oxygens (including phenoxy) is 4. The van der Waals surface area contributed by atoms with Gasteiger partial charge in [-0.25, -0.2) is 17.6 Å². The first-order chi connectivity index (χ1) is 22.2. The zero-order chi connectivity index (χ0) is 33.9. The third kappa shape index (κ3) is 8.42. The van der Waals surface area contributed by atoms with Gasteiger partial charge in [-0.2, -0.15) is 8.78 Å². The van der Waals surface area contributed by atoms with Gasteiger partial charge in [0.15, 0.2) is 17.9 Å². The Balaban J connectivity index is 1.23. The van der Waals surface area contributed by atoms with Gasteiger partial charge in [-0.05, 0) is 85.9 Å². The predicted octanol–water partition coefficient (Wildman–Crippen LogP) is 10.4. The summed E-state index contributed by atoms with van der Waals surface area (Å²) in [6.07, 6.45) is -1.38. The Kier molecular flexibility index (Phi) is 10.4. The number of alkyl halides is 5. The second kappa shape index (κ2) is 14.2. The van der Waals surface area contributed by atoms with Gasteiger partial charge in [0, 0.05) is 23.1 Å². The molecule has 1 saturated carbocycles. The molecular formula is C34H31F9O4. The number of benzene rings is 3. The van der Waals surface area contributed by atoms with Crippen molar-refractivity contribution in [3.05, 3.63) is 95.1 Å². The molecule has 13 heteroatoms. The molecule has 254 valence electrons. The summed E-state index contributed by atoms with van der Waals surface area (Å²) in [5, 5.41) is 0. The van der Waals surface area contributed by atoms with E-state index in [4.69, 9.17) is 9.47 Å². The highest BCUT2D eigenvalue weighted by molar-refractivity contribution is 5.66. The van der Waals surface area contributed by atoms with Crippen molar-refractivity contribution in [2.75, 3.05) is 13.2 Å². The fourth-order valence-electron chi connectivity index (χ4n) is 6.00. The molecule has 5 rings (SSSR count). The lowest BCUT2D eigenvalue weighted by atomic mass is 9.76. The van der Waals surface area contributed by atoms with Crippen LogP contribution in [0.2, 0.25) is 0 Å². The normalized spacial score (nSPS) is 22.4. The van der Waals surface area contributed by atoms with Crippen LogP contribution in [-0.2, 0) is 15.6 Å². The van der Waals surface area contributed by atoms with Crippen molar-refractivity contribution in [3.8, 4) is 22.6 Å². The molecule has 2 aliphatic rings. The smallest absolute Gasteiger partial charge is 0.429 e. The van der Waals surface area contributed by atoms with Crippen LogP contribution in [-0.4, -0.2) is 19.6 Å². The summed E-state index contributed by atoms with van der Waals surface area (Å²) < 4.78 is 146. The molecule has 1 saturated heterocycles. The van der Waals surface area contributed by atoms with Gasteiger partial charge in [-0.15, -0.1) is 13.2 Å². The van der Waals surface area contributed by atoms with Gasteiger partial charge in [-0.3, -0.25) is 0 Å². The Morgan fingerprint density at radius 3 is 1.98 bits per heavy atom. The van der Waals surface area contributed by atoms with E-state index in [0.29, 0.717) is 42.2 Å². The van der Waals surface area contributed by atoms with Gasteiger partial charge in [0.2, 0.25) is 0 Å².